The Hall–Kier alpha value is -1.89. The van der Waals surface area contributed by atoms with E-state index in [1.807, 2.05) is 6.07 Å². The van der Waals surface area contributed by atoms with Gasteiger partial charge >= 0.3 is 5.97 Å². The van der Waals surface area contributed by atoms with Crippen LogP contribution in [0.4, 0.5) is 0 Å². The molecule has 0 aliphatic carbocycles. The minimum Gasteiger partial charge on any atom is -0.481 e. The van der Waals surface area contributed by atoms with E-state index in [-0.39, 0.29) is 12.8 Å². The van der Waals surface area contributed by atoms with Crippen molar-refractivity contribution in [2.45, 2.75) is 38.0 Å². The molecule has 1 aromatic carbocycles. The van der Waals surface area contributed by atoms with Crippen LogP contribution in [-0.4, -0.2) is 36.4 Å². The van der Waals surface area contributed by atoms with Gasteiger partial charge in [0.2, 0.25) is 5.91 Å². The molecule has 7 heteroatoms. The van der Waals surface area contributed by atoms with Crippen LogP contribution < -0.4 is 5.32 Å². The predicted molar refractivity (Wildman–Crippen MR) is 83.1 cm³/mol. The SMILES string of the molecule is CC(C)S(=O)(=O)CC(=O)NC(CCC(=O)O)c1ccccc1. The van der Waals surface area contributed by atoms with E-state index in [4.69, 9.17) is 5.11 Å². The Morgan fingerprint density at radius 1 is 1.18 bits per heavy atom. The zero-order valence-corrected chi connectivity index (χ0v) is 13.5. The summed E-state index contributed by atoms with van der Waals surface area (Å²) in [7, 11) is -3.48. The van der Waals surface area contributed by atoms with Crippen molar-refractivity contribution in [1.29, 1.82) is 0 Å². The Morgan fingerprint density at radius 2 is 1.77 bits per heavy atom. The minimum absolute atomic E-state index is 0.114. The number of benzene rings is 1. The summed E-state index contributed by atoms with van der Waals surface area (Å²) in [6, 6.07) is 8.38. The van der Waals surface area contributed by atoms with Crippen LogP contribution in [-0.2, 0) is 19.4 Å². The van der Waals surface area contributed by atoms with Gasteiger partial charge in [0, 0.05) is 6.42 Å². The maximum Gasteiger partial charge on any atom is 0.303 e. The highest BCUT2D eigenvalue weighted by molar-refractivity contribution is 7.92. The molecule has 0 aliphatic heterocycles. The number of carbonyl (C=O) groups excluding carboxylic acids is 1. The van der Waals surface area contributed by atoms with Crippen LogP contribution >= 0.6 is 0 Å². The van der Waals surface area contributed by atoms with E-state index >= 15 is 0 Å². The fourth-order valence-corrected chi connectivity index (χ4v) is 2.64. The van der Waals surface area contributed by atoms with Gasteiger partial charge in [0.15, 0.2) is 9.84 Å². The lowest BCUT2D eigenvalue weighted by molar-refractivity contribution is -0.137. The van der Waals surface area contributed by atoms with Crippen LogP contribution in [0.25, 0.3) is 0 Å². The maximum absolute atomic E-state index is 12.0. The van der Waals surface area contributed by atoms with E-state index in [9.17, 15) is 18.0 Å². The topological polar surface area (TPSA) is 101 Å². The molecule has 22 heavy (non-hydrogen) atoms. The number of carboxylic acid groups (broad SMARTS) is 1. The van der Waals surface area contributed by atoms with Gasteiger partial charge in [0.05, 0.1) is 11.3 Å². The third kappa shape index (κ3) is 5.85. The van der Waals surface area contributed by atoms with Gasteiger partial charge in [-0.2, -0.15) is 0 Å². The first-order valence-electron chi connectivity index (χ1n) is 7.00. The van der Waals surface area contributed by atoms with E-state index in [1.165, 1.54) is 13.8 Å². The first-order valence-corrected chi connectivity index (χ1v) is 8.71. The molecule has 1 amide bonds. The number of aliphatic carboxylic acids is 1. The molecule has 0 saturated carbocycles. The molecule has 0 aliphatic rings. The van der Waals surface area contributed by atoms with Gasteiger partial charge in [0.25, 0.3) is 0 Å². The van der Waals surface area contributed by atoms with Gasteiger partial charge in [-0.05, 0) is 25.8 Å². The first-order chi connectivity index (χ1) is 10.2. The highest BCUT2D eigenvalue weighted by Gasteiger charge is 2.23. The summed E-state index contributed by atoms with van der Waals surface area (Å²) in [6.07, 6.45) is 0.0869. The van der Waals surface area contributed by atoms with Gasteiger partial charge in [-0.25, -0.2) is 8.42 Å². The molecular weight excluding hydrogens is 306 g/mol. The predicted octanol–water partition coefficient (Wildman–Crippen LogP) is 1.53. The van der Waals surface area contributed by atoms with Gasteiger partial charge in [-0.15, -0.1) is 0 Å². The fraction of sp³-hybridized carbons (Fsp3) is 0.467. The number of hydrogen-bond acceptors (Lipinski definition) is 4. The monoisotopic (exact) mass is 327 g/mol. The van der Waals surface area contributed by atoms with E-state index in [1.54, 1.807) is 24.3 Å². The molecule has 0 spiro atoms. The summed E-state index contributed by atoms with van der Waals surface area (Å²) in [4.78, 5) is 22.7. The summed E-state index contributed by atoms with van der Waals surface area (Å²) >= 11 is 0. The van der Waals surface area contributed by atoms with Crippen LogP contribution in [0, 0.1) is 0 Å². The fourth-order valence-electron chi connectivity index (χ4n) is 1.86. The summed E-state index contributed by atoms with van der Waals surface area (Å²) in [5, 5.41) is 10.8. The van der Waals surface area contributed by atoms with Gasteiger partial charge < -0.3 is 10.4 Å². The number of carboxylic acids is 1. The third-order valence-electron chi connectivity index (χ3n) is 3.23. The lowest BCUT2D eigenvalue weighted by Crippen LogP contribution is -2.36. The molecule has 1 aromatic rings. The molecule has 1 atom stereocenters. The average molecular weight is 327 g/mol. The van der Waals surface area contributed by atoms with Gasteiger partial charge in [0.1, 0.15) is 5.75 Å². The lowest BCUT2D eigenvalue weighted by Gasteiger charge is -2.19. The zero-order valence-electron chi connectivity index (χ0n) is 12.7. The number of sulfone groups is 1. The average Bonchev–Trinajstić information content (AvgIpc) is 2.43. The Morgan fingerprint density at radius 3 is 2.27 bits per heavy atom. The largest absolute Gasteiger partial charge is 0.481 e. The number of carbonyl (C=O) groups is 2. The number of rotatable bonds is 8. The molecular formula is C15H21NO5S. The van der Waals surface area contributed by atoms with E-state index < -0.39 is 38.8 Å². The van der Waals surface area contributed by atoms with E-state index in [0.717, 1.165) is 5.56 Å². The van der Waals surface area contributed by atoms with Crippen LogP contribution in [0.2, 0.25) is 0 Å². The highest BCUT2D eigenvalue weighted by Crippen LogP contribution is 2.18. The van der Waals surface area contributed by atoms with Crippen LogP contribution in [0.1, 0.15) is 38.3 Å². The highest BCUT2D eigenvalue weighted by atomic mass is 32.2. The second kappa shape index (κ2) is 7.93. The van der Waals surface area contributed by atoms with Crippen molar-refractivity contribution in [3.63, 3.8) is 0 Å². The molecule has 1 unspecified atom stereocenters. The van der Waals surface area contributed by atoms with Crippen molar-refractivity contribution in [3.05, 3.63) is 35.9 Å². The molecule has 122 valence electrons. The summed E-state index contributed by atoms with van der Waals surface area (Å²) in [5.41, 5.74) is 0.749. The molecule has 0 radical (unpaired) electrons. The third-order valence-corrected chi connectivity index (χ3v) is 5.34. The zero-order chi connectivity index (χ0) is 16.8. The van der Waals surface area contributed by atoms with Crippen molar-refractivity contribution in [1.82, 2.24) is 5.32 Å². The van der Waals surface area contributed by atoms with Crippen molar-refractivity contribution in [3.8, 4) is 0 Å². The van der Waals surface area contributed by atoms with Crippen LogP contribution in [0.15, 0.2) is 30.3 Å². The minimum atomic E-state index is -3.48. The molecule has 0 aromatic heterocycles. The Labute approximate surface area is 130 Å². The normalized spacial score (nSPS) is 12.9. The van der Waals surface area contributed by atoms with Crippen LogP contribution in [0.5, 0.6) is 0 Å². The van der Waals surface area contributed by atoms with Crippen molar-refractivity contribution in [2.24, 2.45) is 0 Å². The molecule has 0 saturated heterocycles. The quantitative estimate of drug-likeness (QED) is 0.754. The lowest BCUT2D eigenvalue weighted by atomic mass is 10.0. The van der Waals surface area contributed by atoms with Gasteiger partial charge in [-0.1, -0.05) is 30.3 Å². The molecule has 2 N–H and O–H groups in total. The Kier molecular flexibility index (Phi) is 6.55. The Balaban J connectivity index is 2.80. The summed E-state index contributed by atoms with van der Waals surface area (Å²) in [5.74, 6) is -2.18. The number of amides is 1. The molecule has 0 bridgehead atoms. The molecule has 0 fully saturated rings. The van der Waals surface area contributed by atoms with Crippen molar-refractivity contribution < 1.29 is 23.1 Å². The summed E-state index contributed by atoms with van der Waals surface area (Å²) < 4.78 is 23.5. The van der Waals surface area contributed by atoms with Crippen molar-refractivity contribution >= 4 is 21.7 Å². The van der Waals surface area contributed by atoms with Crippen molar-refractivity contribution in [2.75, 3.05) is 5.75 Å². The smallest absolute Gasteiger partial charge is 0.303 e. The van der Waals surface area contributed by atoms with E-state index in [2.05, 4.69) is 5.32 Å². The molecule has 0 heterocycles. The maximum atomic E-state index is 12.0. The first kappa shape index (κ1) is 18.2. The van der Waals surface area contributed by atoms with Crippen LogP contribution in [0.3, 0.4) is 0 Å². The standard InChI is InChI=1S/C15H21NO5S/c1-11(2)22(20,21)10-14(17)16-13(8-9-15(18)19)12-6-4-3-5-7-12/h3-7,11,13H,8-10H2,1-2H3,(H,16,17)(H,18,19). The molecule has 6 nitrogen and oxygen atoms in total. The Bertz CT molecular complexity index is 610. The van der Waals surface area contributed by atoms with E-state index in [0.29, 0.717) is 0 Å². The number of nitrogens with one attached hydrogen (secondary N) is 1. The number of hydrogen-bond donors (Lipinski definition) is 2. The van der Waals surface area contributed by atoms with Gasteiger partial charge in [-0.3, -0.25) is 9.59 Å². The second-order valence-corrected chi connectivity index (χ2v) is 7.88. The molecule has 1 rings (SSSR count). The second-order valence-electron chi connectivity index (χ2n) is 5.32. The summed E-state index contributed by atoms with van der Waals surface area (Å²) in [6.45, 7) is 3.03.